The molecule has 2 saturated heterocycles. The number of thiophene rings is 1. The van der Waals surface area contributed by atoms with E-state index < -0.39 is 0 Å². The molecule has 0 saturated carbocycles. The Kier molecular flexibility index (Phi) is 7.96. The highest BCUT2D eigenvalue weighted by atomic mass is 32.1. The van der Waals surface area contributed by atoms with E-state index in [1.54, 1.807) is 0 Å². The fraction of sp³-hybridized carbons (Fsp3) is 0.577. The van der Waals surface area contributed by atoms with Gasteiger partial charge in [-0.05, 0) is 38.3 Å². The molecule has 0 radical (unpaired) electrons. The zero-order valence-electron chi connectivity index (χ0n) is 21.2. The number of aryl methyl sites for hydroxylation is 1. The number of urea groups is 1. The number of likely N-dealkylation sites (tertiary alicyclic amines) is 1. The van der Waals surface area contributed by atoms with Crippen molar-refractivity contribution in [2.45, 2.75) is 46.6 Å². The van der Waals surface area contributed by atoms with E-state index in [1.807, 2.05) is 49.6 Å². The number of nitrogens with one attached hydrogen (secondary N) is 2. The molecule has 2 N–H and O–H groups in total. The van der Waals surface area contributed by atoms with Crippen LogP contribution in [0.4, 0.5) is 9.80 Å². The van der Waals surface area contributed by atoms with Gasteiger partial charge >= 0.3 is 6.03 Å². The minimum absolute atomic E-state index is 0.0242. The summed E-state index contributed by atoms with van der Waals surface area (Å²) < 4.78 is 1.00. The molecule has 1 aromatic heterocycles. The number of fused-ring (bicyclic) bond motifs is 1. The Hall–Kier alpha value is -2.65. The number of hydrogen-bond acceptors (Lipinski definition) is 5. The van der Waals surface area contributed by atoms with E-state index in [2.05, 4.69) is 21.6 Å². The quantitative estimate of drug-likeness (QED) is 0.656. The van der Waals surface area contributed by atoms with Gasteiger partial charge in [0.05, 0.1) is 5.56 Å². The molecule has 35 heavy (non-hydrogen) atoms. The molecule has 2 aliphatic rings. The Labute approximate surface area is 211 Å². The minimum atomic E-state index is -0.295. The molecule has 0 aliphatic carbocycles. The molecule has 2 fully saturated rings. The number of piperidine rings is 1. The van der Waals surface area contributed by atoms with Gasteiger partial charge in [-0.15, -0.1) is 11.3 Å². The predicted octanol–water partition coefficient (Wildman–Crippen LogP) is 3.76. The first-order valence-corrected chi connectivity index (χ1v) is 13.5. The molecule has 4 rings (SSSR count). The number of rotatable bonds is 5. The Morgan fingerprint density at radius 2 is 1.71 bits per heavy atom. The third-order valence-electron chi connectivity index (χ3n) is 7.01. The number of piperazine rings is 1. The fourth-order valence-corrected chi connectivity index (χ4v) is 6.26. The molecule has 0 spiro atoms. The largest absolute Gasteiger partial charge is 0.342 e. The lowest BCUT2D eigenvalue weighted by Gasteiger charge is -2.43. The van der Waals surface area contributed by atoms with Gasteiger partial charge in [-0.2, -0.15) is 0 Å². The van der Waals surface area contributed by atoms with E-state index in [9.17, 15) is 14.4 Å². The molecule has 8 nitrogen and oxygen atoms in total. The Morgan fingerprint density at radius 1 is 1.03 bits per heavy atom. The second-order valence-electron chi connectivity index (χ2n) is 9.83. The lowest BCUT2D eigenvalue weighted by atomic mass is 10.0. The average molecular weight is 500 g/mol. The van der Waals surface area contributed by atoms with Crippen LogP contribution in [0.5, 0.6) is 0 Å². The van der Waals surface area contributed by atoms with Gasteiger partial charge < -0.3 is 15.1 Å². The summed E-state index contributed by atoms with van der Waals surface area (Å²) in [7, 11) is 0. The standard InChI is InChI=1S/C26H37N5O3S/c1-5-27-26(34)28-23-22(20-7-6-18(4)16-21(20)35-23)25(33)31-14-12-29(13-15-31)19-8-10-30(11-9-19)24(32)17(2)3/h6-7,16-17,19H,5,8-15H2,1-4H3,(H2,27,28,34). The highest BCUT2D eigenvalue weighted by Gasteiger charge is 2.32. The van der Waals surface area contributed by atoms with Crippen molar-refractivity contribution in [2.75, 3.05) is 51.1 Å². The second kappa shape index (κ2) is 11.0. The minimum Gasteiger partial charge on any atom is -0.342 e. The van der Waals surface area contributed by atoms with Crippen LogP contribution in [-0.2, 0) is 4.79 Å². The highest BCUT2D eigenvalue weighted by molar-refractivity contribution is 7.23. The van der Waals surface area contributed by atoms with Gasteiger partial charge in [-0.1, -0.05) is 26.0 Å². The number of anilines is 1. The van der Waals surface area contributed by atoms with Crippen molar-refractivity contribution in [1.82, 2.24) is 20.0 Å². The summed E-state index contributed by atoms with van der Waals surface area (Å²) in [6, 6.07) is 6.23. The van der Waals surface area contributed by atoms with Crippen LogP contribution in [0.25, 0.3) is 10.1 Å². The number of carbonyl (C=O) groups excluding carboxylic acids is 3. The number of benzene rings is 1. The van der Waals surface area contributed by atoms with Crippen molar-refractivity contribution in [2.24, 2.45) is 5.92 Å². The number of amides is 4. The first-order valence-electron chi connectivity index (χ1n) is 12.7. The SMILES string of the molecule is CCNC(=O)Nc1sc2cc(C)ccc2c1C(=O)N1CCN(C2CCN(C(=O)C(C)C)CC2)CC1. The summed E-state index contributed by atoms with van der Waals surface area (Å²) in [5, 5.41) is 7.15. The summed E-state index contributed by atoms with van der Waals surface area (Å²) in [5.74, 6) is 0.267. The summed E-state index contributed by atoms with van der Waals surface area (Å²) in [4.78, 5) is 44.6. The van der Waals surface area contributed by atoms with Crippen molar-refractivity contribution in [3.8, 4) is 0 Å². The molecule has 0 atom stereocenters. The molecule has 2 aliphatic heterocycles. The lowest BCUT2D eigenvalue weighted by Crippen LogP contribution is -2.55. The predicted molar refractivity (Wildman–Crippen MR) is 141 cm³/mol. The van der Waals surface area contributed by atoms with Crippen molar-refractivity contribution in [1.29, 1.82) is 0 Å². The first kappa shape index (κ1) is 25.4. The van der Waals surface area contributed by atoms with E-state index in [1.165, 1.54) is 11.3 Å². The van der Waals surface area contributed by atoms with Gasteiger partial charge in [-0.3, -0.25) is 19.8 Å². The third-order valence-corrected chi connectivity index (χ3v) is 8.08. The van der Waals surface area contributed by atoms with Gasteiger partial charge in [0, 0.05) is 67.9 Å². The topological polar surface area (TPSA) is 85.0 Å². The first-order chi connectivity index (χ1) is 16.8. The summed E-state index contributed by atoms with van der Waals surface area (Å²) in [5.41, 5.74) is 1.71. The van der Waals surface area contributed by atoms with Crippen LogP contribution >= 0.6 is 11.3 Å². The van der Waals surface area contributed by atoms with Gasteiger partial charge in [-0.25, -0.2) is 4.79 Å². The van der Waals surface area contributed by atoms with Crippen molar-refractivity contribution in [3.63, 3.8) is 0 Å². The van der Waals surface area contributed by atoms with Crippen LogP contribution in [0.15, 0.2) is 18.2 Å². The zero-order chi connectivity index (χ0) is 25.1. The van der Waals surface area contributed by atoms with Crippen LogP contribution in [0.3, 0.4) is 0 Å². The molecule has 0 bridgehead atoms. The van der Waals surface area contributed by atoms with Gasteiger partial charge in [0.1, 0.15) is 5.00 Å². The van der Waals surface area contributed by atoms with Gasteiger partial charge in [0.15, 0.2) is 0 Å². The molecule has 1 aromatic carbocycles. The zero-order valence-corrected chi connectivity index (χ0v) is 22.0. The van der Waals surface area contributed by atoms with E-state index >= 15 is 0 Å². The maximum atomic E-state index is 13.7. The van der Waals surface area contributed by atoms with Crippen molar-refractivity contribution >= 4 is 44.3 Å². The van der Waals surface area contributed by atoms with E-state index in [0.717, 1.165) is 54.7 Å². The molecule has 0 unspecified atom stereocenters. The molecule has 2 aromatic rings. The third kappa shape index (κ3) is 5.62. The van der Waals surface area contributed by atoms with Crippen LogP contribution in [0, 0.1) is 12.8 Å². The monoisotopic (exact) mass is 499 g/mol. The fourth-order valence-electron chi connectivity index (χ4n) is 5.08. The summed E-state index contributed by atoms with van der Waals surface area (Å²) in [6.07, 6.45) is 1.98. The maximum Gasteiger partial charge on any atom is 0.319 e. The Balaban J connectivity index is 1.42. The molecule has 3 heterocycles. The number of carbonyl (C=O) groups is 3. The van der Waals surface area contributed by atoms with Crippen LogP contribution in [-0.4, -0.2) is 84.4 Å². The van der Waals surface area contributed by atoms with E-state index in [0.29, 0.717) is 36.2 Å². The van der Waals surface area contributed by atoms with Crippen LogP contribution in [0.2, 0.25) is 0 Å². The Morgan fingerprint density at radius 3 is 2.34 bits per heavy atom. The van der Waals surface area contributed by atoms with Crippen LogP contribution < -0.4 is 10.6 Å². The average Bonchev–Trinajstić information content (AvgIpc) is 3.19. The number of nitrogens with zero attached hydrogens (tertiary/aromatic N) is 3. The molecule has 9 heteroatoms. The van der Waals surface area contributed by atoms with E-state index in [4.69, 9.17) is 0 Å². The molecule has 190 valence electrons. The lowest BCUT2D eigenvalue weighted by molar-refractivity contribution is -0.136. The van der Waals surface area contributed by atoms with Crippen molar-refractivity contribution < 1.29 is 14.4 Å². The van der Waals surface area contributed by atoms with Gasteiger partial charge in [0.25, 0.3) is 5.91 Å². The molecular formula is C26H37N5O3S. The molecule has 4 amide bonds. The summed E-state index contributed by atoms with van der Waals surface area (Å²) >= 11 is 1.45. The van der Waals surface area contributed by atoms with Crippen LogP contribution in [0.1, 0.15) is 49.5 Å². The van der Waals surface area contributed by atoms with Crippen molar-refractivity contribution in [3.05, 3.63) is 29.3 Å². The second-order valence-corrected chi connectivity index (χ2v) is 10.9. The summed E-state index contributed by atoms with van der Waals surface area (Å²) in [6.45, 7) is 12.9. The van der Waals surface area contributed by atoms with E-state index in [-0.39, 0.29) is 23.8 Å². The number of hydrogen-bond donors (Lipinski definition) is 2. The maximum absolute atomic E-state index is 13.7. The smallest absolute Gasteiger partial charge is 0.319 e. The molecular weight excluding hydrogens is 462 g/mol. The van der Waals surface area contributed by atoms with Gasteiger partial charge in [0.2, 0.25) is 5.91 Å². The Bertz CT molecular complexity index is 1080. The highest BCUT2D eigenvalue weighted by Crippen LogP contribution is 2.37. The normalized spacial score (nSPS) is 17.7.